The van der Waals surface area contributed by atoms with Crippen LogP contribution >= 0.6 is 0 Å². The van der Waals surface area contributed by atoms with Crippen LogP contribution in [0.4, 0.5) is 15.3 Å². The van der Waals surface area contributed by atoms with E-state index in [9.17, 15) is 47.9 Å². The quantitative estimate of drug-likeness (QED) is 0.0470. The molecule has 0 spiro atoms. The second-order valence-electron chi connectivity index (χ2n) is 22.7. The van der Waals surface area contributed by atoms with Crippen LogP contribution in [0, 0.1) is 35.5 Å². The van der Waals surface area contributed by atoms with Crippen LogP contribution in [-0.2, 0) is 47.8 Å². The zero-order valence-corrected chi connectivity index (χ0v) is 49.6. The monoisotopic (exact) mass is 1110 g/mol. The molecule has 79 heavy (non-hydrogen) atoms. The number of carbonyl (C=O) groups excluding carboxylic acids is 10. The van der Waals surface area contributed by atoms with E-state index in [1.807, 2.05) is 41.7 Å². The van der Waals surface area contributed by atoms with Crippen molar-refractivity contribution in [3.63, 3.8) is 0 Å². The van der Waals surface area contributed by atoms with E-state index in [2.05, 4.69) is 34.7 Å². The maximum atomic E-state index is 14.5. The molecule has 2 aliphatic rings. The van der Waals surface area contributed by atoms with E-state index in [1.54, 1.807) is 62.1 Å². The molecule has 21 nitrogen and oxygen atoms in total. The molecular weight excluding hydrogens is 1010 g/mol. The molecule has 2 fully saturated rings. The highest BCUT2D eigenvalue weighted by atomic mass is 16.6. The second kappa shape index (κ2) is 33.0. The number of anilines is 1. The predicted molar refractivity (Wildman–Crippen MR) is 301 cm³/mol. The Bertz CT molecular complexity index is 2200. The number of Topliss-reactive ketones (excluding diaryl/α,β-unsaturated/α-hetero) is 2. The molecule has 444 valence electrons. The molecule has 2 saturated heterocycles. The van der Waals surface area contributed by atoms with Gasteiger partial charge in [0.2, 0.25) is 35.6 Å². The van der Waals surface area contributed by atoms with Crippen LogP contribution in [0.25, 0.3) is 0 Å². The number of nitrogens with two attached hydrogens (primary N) is 1. The summed E-state index contributed by atoms with van der Waals surface area (Å²) in [6, 6.07) is 3.39. The summed E-state index contributed by atoms with van der Waals surface area (Å²) in [4.78, 5) is 142. The number of hydrogen-bond acceptors (Lipinski definition) is 13. The van der Waals surface area contributed by atoms with E-state index in [-0.39, 0.29) is 110 Å². The number of primary amides is 1. The van der Waals surface area contributed by atoms with Gasteiger partial charge in [0.15, 0.2) is 11.6 Å². The Morgan fingerprint density at radius 2 is 1.37 bits per heavy atom. The van der Waals surface area contributed by atoms with Gasteiger partial charge in [-0.05, 0) is 75.0 Å². The molecule has 2 heterocycles. The number of benzene rings is 1. The van der Waals surface area contributed by atoms with Crippen LogP contribution in [0.3, 0.4) is 0 Å². The SMILES string of the molecule is CC[C@H](C)[C@@H]([C@@H](CC)OC)N(C)C(=O)[C@@H](CC(=O)[C@H](C(C)C)N(C)C(=O)OC(C(=O)N1CCN(C)CC1)c1ccc(NC(=O)[C@H](CCCNC(N)=O)CC(=O)[C@@H](NC(=O)CCCCCN2C(=O)CCC2=O)C(C)C)cc1)C(C)C. The third-order valence-corrected chi connectivity index (χ3v) is 15.7. The van der Waals surface area contributed by atoms with Crippen LogP contribution in [0.15, 0.2) is 24.3 Å². The van der Waals surface area contributed by atoms with Crippen molar-refractivity contribution >= 4 is 64.8 Å². The largest absolute Gasteiger partial charge is 0.431 e. The molecule has 0 aromatic heterocycles. The maximum Gasteiger partial charge on any atom is 0.411 e. The molecule has 0 radical (unpaired) electrons. The van der Waals surface area contributed by atoms with E-state index in [0.717, 1.165) is 6.42 Å². The van der Waals surface area contributed by atoms with Gasteiger partial charge in [-0.25, -0.2) is 9.59 Å². The van der Waals surface area contributed by atoms with Gasteiger partial charge in [0.1, 0.15) is 0 Å². The number of piperazine rings is 1. The van der Waals surface area contributed by atoms with Crippen LogP contribution in [0.5, 0.6) is 0 Å². The van der Waals surface area contributed by atoms with Gasteiger partial charge in [-0.2, -0.15) is 0 Å². The molecule has 0 saturated carbocycles. The molecule has 0 aliphatic carbocycles. The van der Waals surface area contributed by atoms with Crippen molar-refractivity contribution < 1.29 is 57.4 Å². The van der Waals surface area contributed by atoms with Crippen LogP contribution in [0.2, 0.25) is 0 Å². The van der Waals surface area contributed by atoms with Crippen LogP contribution < -0.4 is 21.7 Å². The highest BCUT2D eigenvalue weighted by molar-refractivity contribution is 6.02. The number of nitrogens with zero attached hydrogens (tertiary/aromatic N) is 5. The number of ketones is 2. The topological polar surface area (TPSA) is 267 Å². The lowest BCUT2D eigenvalue weighted by atomic mass is 9.83. The lowest BCUT2D eigenvalue weighted by Gasteiger charge is -2.40. The van der Waals surface area contributed by atoms with Crippen molar-refractivity contribution in [2.45, 2.75) is 170 Å². The first-order chi connectivity index (χ1) is 37.3. The standard InChI is InChI=1S/C58H95N9O12/c1-14-39(9)52(46(15-2)78-13)64(11)55(74)43(36(3)4)35-45(69)51(38(7)8)65(12)58(77)79-53(56(75)66-32-30-63(10)31-33-66)40-22-24-42(25-23-40)61-54(73)41(20-19-28-60-57(59)76)34-44(68)50(37(5)6)62-47(70)21-17-16-18-29-67-48(71)26-27-49(67)72/h22-25,36-39,41,43,46,50-53H,14-21,26-35H2,1-13H3,(H,61,73)(H,62,70)(H3,59,60,76)/t39-,41+,43-,46+,50-,51-,52-,53?/m0/s1. The number of carbonyl (C=O) groups is 10. The summed E-state index contributed by atoms with van der Waals surface area (Å²) in [7, 11) is 6.82. The molecule has 21 heteroatoms. The molecule has 0 bridgehead atoms. The fourth-order valence-electron chi connectivity index (χ4n) is 10.6. The molecule has 5 N–H and O–H groups in total. The van der Waals surface area contributed by atoms with Crippen molar-refractivity contribution in [2.75, 3.05) is 72.8 Å². The second-order valence-corrected chi connectivity index (χ2v) is 22.7. The summed E-state index contributed by atoms with van der Waals surface area (Å²) < 4.78 is 11.9. The lowest BCUT2D eigenvalue weighted by molar-refractivity contribution is -0.146. The molecular formula is C58H95N9O12. The average Bonchev–Trinajstić information content (AvgIpc) is 3.74. The third kappa shape index (κ3) is 20.3. The Kier molecular flexibility index (Phi) is 28.1. The molecule has 2 aliphatic heterocycles. The van der Waals surface area contributed by atoms with Gasteiger partial charge in [0.05, 0.1) is 24.2 Å². The summed E-state index contributed by atoms with van der Waals surface area (Å²) in [5.74, 6) is -4.89. The average molecular weight is 1110 g/mol. The molecule has 1 aromatic carbocycles. The third-order valence-electron chi connectivity index (χ3n) is 15.7. The Hall–Kier alpha value is -5.96. The number of imide groups is 1. The Morgan fingerprint density at radius 1 is 0.747 bits per heavy atom. The van der Waals surface area contributed by atoms with Crippen molar-refractivity contribution in [2.24, 2.45) is 41.2 Å². The first-order valence-electron chi connectivity index (χ1n) is 28.6. The minimum atomic E-state index is -1.44. The van der Waals surface area contributed by atoms with Gasteiger partial charge >= 0.3 is 12.1 Å². The number of ether oxygens (including phenoxy) is 2. The number of unbranched alkanes of at least 4 members (excludes halogenated alkanes) is 2. The smallest absolute Gasteiger partial charge is 0.411 e. The Balaban J connectivity index is 1.83. The summed E-state index contributed by atoms with van der Waals surface area (Å²) >= 11 is 0. The van der Waals surface area contributed by atoms with Gasteiger partial charge in [0.25, 0.3) is 5.91 Å². The zero-order chi connectivity index (χ0) is 59.3. The van der Waals surface area contributed by atoms with Crippen LogP contribution in [0.1, 0.15) is 151 Å². The number of urea groups is 1. The van der Waals surface area contributed by atoms with E-state index in [4.69, 9.17) is 15.2 Å². The number of hydrogen-bond donors (Lipinski definition) is 4. The van der Waals surface area contributed by atoms with Crippen molar-refractivity contribution in [1.29, 1.82) is 0 Å². The van der Waals surface area contributed by atoms with Crippen LogP contribution in [-0.4, -0.2) is 175 Å². The predicted octanol–water partition coefficient (Wildman–Crippen LogP) is 5.94. The summed E-state index contributed by atoms with van der Waals surface area (Å²) in [5.41, 5.74) is 5.90. The minimum Gasteiger partial charge on any atom is -0.431 e. The van der Waals surface area contributed by atoms with Crippen molar-refractivity contribution in [3.8, 4) is 0 Å². The molecule has 3 rings (SSSR count). The number of rotatable bonds is 33. The Morgan fingerprint density at radius 3 is 1.90 bits per heavy atom. The van der Waals surface area contributed by atoms with Gasteiger partial charge in [0, 0.05) is 116 Å². The van der Waals surface area contributed by atoms with E-state index < -0.39 is 59.9 Å². The fourth-order valence-corrected chi connectivity index (χ4v) is 10.6. The van der Waals surface area contributed by atoms with Gasteiger partial charge in [-0.15, -0.1) is 0 Å². The first kappa shape index (κ1) is 67.3. The molecule has 8 atom stereocenters. The maximum absolute atomic E-state index is 14.5. The van der Waals surface area contributed by atoms with E-state index >= 15 is 0 Å². The van der Waals surface area contributed by atoms with Gasteiger partial charge in [-0.3, -0.25) is 43.3 Å². The normalized spacial score (nSPS) is 17.1. The minimum absolute atomic E-state index is 0.124. The van der Waals surface area contributed by atoms with E-state index in [1.165, 1.54) is 16.8 Å². The number of methoxy groups -OCH3 is 1. The number of likely N-dealkylation sites (N-methyl/N-ethyl adjacent to an activating group) is 3. The number of nitrogens with one attached hydrogen (secondary N) is 3. The zero-order valence-electron chi connectivity index (χ0n) is 49.6. The molecule has 9 amide bonds. The number of amides is 9. The molecule has 1 unspecified atom stereocenters. The molecule has 1 aromatic rings. The summed E-state index contributed by atoms with van der Waals surface area (Å²) in [6.07, 6.45) is 1.31. The fraction of sp³-hybridized carbons (Fsp3) is 0.724. The van der Waals surface area contributed by atoms with Crippen molar-refractivity contribution in [3.05, 3.63) is 29.8 Å². The summed E-state index contributed by atoms with van der Waals surface area (Å²) in [6.45, 7) is 19.6. The number of likely N-dealkylation sites (tertiary alicyclic amines) is 1. The van der Waals surface area contributed by atoms with Gasteiger partial charge < -0.3 is 50.8 Å². The van der Waals surface area contributed by atoms with Crippen molar-refractivity contribution in [1.82, 2.24) is 35.1 Å². The lowest BCUT2D eigenvalue weighted by Crippen LogP contribution is -2.53. The van der Waals surface area contributed by atoms with E-state index in [0.29, 0.717) is 76.1 Å². The highest BCUT2D eigenvalue weighted by Crippen LogP contribution is 2.30. The highest BCUT2D eigenvalue weighted by Gasteiger charge is 2.41. The van der Waals surface area contributed by atoms with Gasteiger partial charge in [-0.1, -0.05) is 87.3 Å². The Labute approximate surface area is 469 Å². The first-order valence-corrected chi connectivity index (χ1v) is 28.6. The summed E-state index contributed by atoms with van der Waals surface area (Å²) in [5, 5.41) is 8.22.